The molecule has 0 fully saturated rings. The first-order valence-electron chi connectivity index (χ1n) is 6.44. The van der Waals surface area contributed by atoms with Crippen molar-refractivity contribution in [3.8, 4) is 0 Å². The predicted octanol–water partition coefficient (Wildman–Crippen LogP) is 2.52. The summed E-state index contributed by atoms with van der Waals surface area (Å²) in [4.78, 5) is 2.70. The molecule has 1 aromatic carbocycles. The molecule has 0 aromatic heterocycles. The van der Waals surface area contributed by atoms with Crippen LogP contribution in [0.3, 0.4) is 0 Å². The maximum Gasteiger partial charge on any atom is 0.253 e. The highest BCUT2D eigenvalue weighted by Gasteiger charge is 2.15. The highest BCUT2D eigenvalue weighted by Crippen LogP contribution is 2.09. The summed E-state index contributed by atoms with van der Waals surface area (Å²) < 4.78 is 24.1. The minimum absolute atomic E-state index is 0.0720. The number of sulfonamides is 1. The Labute approximate surface area is 115 Å². The Kier molecular flexibility index (Phi) is 6.21. The van der Waals surface area contributed by atoms with Crippen LogP contribution in [0.5, 0.6) is 0 Å². The van der Waals surface area contributed by atoms with Gasteiger partial charge in [-0.3, -0.25) is 0 Å². The van der Waals surface area contributed by atoms with Gasteiger partial charge in [0.15, 0.2) is 0 Å². The molecule has 19 heavy (non-hydrogen) atoms. The van der Waals surface area contributed by atoms with Crippen molar-refractivity contribution in [2.75, 3.05) is 0 Å². The largest absolute Gasteiger partial charge is 0.253 e. The second kappa shape index (κ2) is 7.43. The van der Waals surface area contributed by atoms with Gasteiger partial charge in [0.25, 0.3) is 10.0 Å². The van der Waals surface area contributed by atoms with Crippen LogP contribution in [-0.4, -0.2) is 14.5 Å². The van der Waals surface area contributed by atoms with E-state index in [2.05, 4.69) is 23.8 Å². The molecule has 0 aliphatic rings. The van der Waals surface area contributed by atoms with Crippen LogP contribution in [0.2, 0.25) is 0 Å². The third-order valence-electron chi connectivity index (χ3n) is 2.82. The monoisotopic (exact) mass is 282 g/mol. The first-order chi connectivity index (χ1) is 8.99. The van der Waals surface area contributed by atoms with Crippen molar-refractivity contribution in [2.24, 2.45) is 0 Å². The summed E-state index contributed by atoms with van der Waals surface area (Å²) in [6, 6.07) is 6.83. The maximum absolute atomic E-state index is 12.1. The van der Waals surface area contributed by atoms with Crippen molar-refractivity contribution in [1.82, 2.24) is 10.3 Å². The van der Waals surface area contributed by atoms with E-state index < -0.39 is 10.0 Å². The molecular formula is C14H22N2O2S. The molecule has 4 nitrogen and oxygen atoms in total. The molecule has 5 heteroatoms. The van der Waals surface area contributed by atoms with Gasteiger partial charge in [0.05, 0.1) is 4.90 Å². The van der Waals surface area contributed by atoms with Gasteiger partial charge in [0.2, 0.25) is 0 Å². The molecule has 106 valence electrons. The first-order valence-corrected chi connectivity index (χ1v) is 7.92. The minimum Gasteiger partial charge on any atom is -0.240 e. The van der Waals surface area contributed by atoms with Crippen LogP contribution in [0.4, 0.5) is 0 Å². The Balaban J connectivity index is 2.68. The van der Waals surface area contributed by atoms with Crippen LogP contribution < -0.4 is 10.3 Å². The molecule has 0 heterocycles. The number of hydrazine groups is 1. The van der Waals surface area contributed by atoms with E-state index in [4.69, 9.17) is 0 Å². The molecule has 1 unspecified atom stereocenters. The molecule has 0 saturated heterocycles. The average molecular weight is 282 g/mol. The molecule has 1 atom stereocenters. The highest BCUT2D eigenvalue weighted by atomic mass is 32.2. The number of rotatable bonds is 8. The van der Waals surface area contributed by atoms with Crippen molar-refractivity contribution < 1.29 is 8.42 Å². The van der Waals surface area contributed by atoms with E-state index in [1.807, 2.05) is 6.92 Å². The summed E-state index contributed by atoms with van der Waals surface area (Å²) in [6.45, 7) is 7.66. The van der Waals surface area contributed by atoms with Gasteiger partial charge < -0.3 is 0 Å². The van der Waals surface area contributed by atoms with E-state index in [9.17, 15) is 8.42 Å². The molecule has 0 saturated carbocycles. The summed E-state index contributed by atoms with van der Waals surface area (Å²) in [6.07, 6.45) is 4.39. The Bertz CT molecular complexity index is 495. The van der Waals surface area contributed by atoms with Gasteiger partial charge in [0.1, 0.15) is 0 Å². The Morgan fingerprint density at radius 1 is 1.32 bits per heavy atom. The normalized spacial score (nSPS) is 13.2. The van der Waals surface area contributed by atoms with Crippen molar-refractivity contribution in [3.05, 3.63) is 42.5 Å². The quantitative estimate of drug-likeness (QED) is 0.569. The van der Waals surface area contributed by atoms with Crippen molar-refractivity contribution in [1.29, 1.82) is 0 Å². The van der Waals surface area contributed by atoms with E-state index in [1.54, 1.807) is 30.3 Å². The zero-order valence-electron chi connectivity index (χ0n) is 11.5. The molecule has 0 aliphatic carbocycles. The third kappa shape index (κ3) is 5.14. The zero-order valence-corrected chi connectivity index (χ0v) is 12.3. The van der Waals surface area contributed by atoms with Gasteiger partial charge in [-0.15, -0.1) is 11.4 Å². The van der Waals surface area contributed by atoms with Crippen LogP contribution in [0.15, 0.2) is 41.8 Å². The van der Waals surface area contributed by atoms with Crippen molar-refractivity contribution >= 4 is 10.0 Å². The first kappa shape index (κ1) is 15.9. The standard InChI is InChI=1S/C14H22N2O2S/c1-4-6-13(7-5-2)15-16-19(17,18)14-10-8-12(3)9-11-14/h4,8-11,13,15-16H,1,5-7H2,2-3H3. The lowest BCUT2D eigenvalue weighted by Gasteiger charge is -2.17. The second-order valence-electron chi connectivity index (χ2n) is 4.57. The number of hydrogen-bond donors (Lipinski definition) is 2. The molecular weight excluding hydrogens is 260 g/mol. The lowest BCUT2D eigenvalue weighted by atomic mass is 10.1. The number of nitrogens with one attached hydrogen (secondary N) is 2. The molecule has 1 aromatic rings. The summed E-state index contributed by atoms with van der Waals surface area (Å²) in [5.74, 6) is 0. The van der Waals surface area contributed by atoms with Gasteiger partial charge in [-0.05, 0) is 31.9 Å². The van der Waals surface area contributed by atoms with E-state index >= 15 is 0 Å². The molecule has 0 aliphatic heterocycles. The molecule has 0 amide bonds. The Hall–Kier alpha value is -1.17. The maximum atomic E-state index is 12.1. The van der Waals surface area contributed by atoms with E-state index in [1.165, 1.54) is 0 Å². The zero-order chi connectivity index (χ0) is 14.3. The smallest absolute Gasteiger partial charge is 0.240 e. The van der Waals surface area contributed by atoms with Crippen LogP contribution in [0, 0.1) is 6.92 Å². The van der Waals surface area contributed by atoms with E-state index in [0.29, 0.717) is 0 Å². The van der Waals surface area contributed by atoms with Crippen molar-refractivity contribution in [2.45, 2.75) is 44.0 Å². The predicted molar refractivity (Wildman–Crippen MR) is 78.1 cm³/mol. The summed E-state index contributed by atoms with van der Waals surface area (Å²) in [5.41, 5.74) is 3.90. The van der Waals surface area contributed by atoms with Crippen LogP contribution >= 0.6 is 0 Å². The molecule has 1 rings (SSSR count). The number of hydrogen-bond acceptors (Lipinski definition) is 3. The van der Waals surface area contributed by atoms with Crippen LogP contribution in [-0.2, 0) is 10.0 Å². The fraction of sp³-hybridized carbons (Fsp3) is 0.429. The topological polar surface area (TPSA) is 58.2 Å². The lowest BCUT2D eigenvalue weighted by molar-refractivity contribution is 0.452. The van der Waals surface area contributed by atoms with Gasteiger partial charge in [-0.25, -0.2) is 13.8 Å². The molecule has 0 bridgehead atoms. The second-order valence-corrected chi connectivity index (χ2v) is 6.26. The summed E-state index contributed by atoms with van der Waals surface area (Å²) in [7, 11) is -3.50. The van der Waals surface area contributed by atoms with Crippen molar-refractivity contribution in [3.63, 3.8) is 0 Å². The number of benzene rings is 1. The minimum atomic E-state index is -3.50. The van der Waals surface area contributed by atoms with E-state index in [-0.39, 0.29) is 10.9 Å². The third-order valence-corrected chi connectivity index (χ3v) is 4.10. The Morgan fingerprint density at radius 2 is 1.95 bits per heavy atom. The summed E-state index contributed by atoms with van der Waals surface area (Å²) in [5, 5.41) is 0. The number of aryl methyl sites for hydroxylation is 1. The Morgan fingerprint density at radius 3 is 2.47 bits per heavy atom. The van der Waals surface area contributed by atoms with Crippen LogP contribution in [0.1, 0.15) is 31.7 Å². The van der Waals surface area contributed by atoms with Gasteiger partial charge >= 0.3 is 0 Å². The average Bonchev–Trinajstić information content (AvgIpc) is 2.37. The highest BCUT2D eigenvalue weighted by molar-refractivity contribution is 7.89. The lowest BCUT2D eigenvalue weighted by Crippen LogP contribution is -2.44. The van der Waals surface area contributed by atoms with Crippen LogP contribution in [0.25, 0.3) is 0 Å². The fourth-order valence-electron chi connectivity index (χ4n) is 1.74. The molecule has 0 radical (unpaired) electrons. The van der Waals surface area contributed by atoms with Gasteiger partial charge in [-0.2, -0.15) is 0 Å². The summed E-state index contributed by atoms with van der Waals surface area (Å²) >= 11 is 0. The van der Waals surface area contributed by atoms with Gasteiger partial charge in [0, 0.05) is 6.04 Å². The molecule has 0 spiro atoms. The SMILES string of the molecule is C=CCC(CCC)NNS(=O)(=O)c1ccc(C)cc1. The molecule has 2 N–H and O–H groups in total. The van der Waals surface area contributed by atoms with E-state index in [0.717, 1.165) is 24.8 Å². The van der Waals surface area contributed by atoms with Gasteiger partial charge in [-0.1, -0.05) is 37.1 Å². The fourth-order valence-corrected chi connectivity index (χ4v) is 2.67.